The standard InChI is InChI=1S/C11H19N/c1-2-9-6-8-4-5-12-11(7-8)10(9)3-1/h8-12H,1-7H2. The molecule has 1 aliphatic heterocycles. The summed E-state index contributed by atoms with van der Waals surface area (Å²) in [6, 6.07) is 0.921. The minimum atomic E-state index is 0.921. The van der Waals surface area contributed by atoms with Crippen LogP contribution in [0.3, 0.4) is 0 Å². The molecule has 2 bridgehead atoms. The smallest absolute Gasteiger partial charge is 0.0101 e. The highest BCUT2D eigenvalue weighted by atomic mass is 14.9. The van der Waals surface area contributed by atoms with Crippen molar-refractivity contribution in [1.82, 2.24) is 5.32 Å². The summed E-state index contributed by atoms with van der Waals surface area (Å²) in [6.45, 7) is 1.30. The molecule has 0 radical (unpaired) electrons. The van der Waals surface area contributed by atoms with Crippen molar-refractivity contribution in [2.24, 2.45) is 17.8 Å². The van der Waals surface area contributed by atoms with E-state index < -0.39 is 0 Å². The molecule has 0 aromatic carbocycles. The maximum atomic E-state index is 3.72. The molecule has 4 atom stereocenters. The van der Waals surface area contributed by atoms with Crippen LogP contribution in [0.15, 0.2) is 0 Å². The van der Waals surface area contributed by atoms with Gasteiger partial charge in [-0.15, -0.1) is 0 Å². The topological polar surface area (TPSA) is 12.0 Å². The Morgan fingerprint density at radius 1 is 1.00 bits per heavy atom. The van der Waals surface area contributed by atoms with Gasteiger partial charge in [-0.3, -0.25) is 0 Å². The molecule has 0 aromatic rings. The fourth-order valence-corrected chi connectivity index (χ4v) is 3.89. The lowest BCUT2D eigenvalue weighted by Crippen LogP contribution is -2.48. The van der Waals surface area contributed by atoms with E-state index in [1.54, 1.807) is 12.8 Å². The molecule has 12 heavy (non-hydrogen) atoms. The average molecular weight is 165 g/mol. The normalized spacial score (nSPS) is 52.0. The molecule has 68 valence electrons. The van der Waals surface area contributed by atoms with Crippen molar-refractivity contribution in [3.05, 3.63) is 0 Å². The number of hydrogen-bond donors (Lipinski definition) is 1. The molecule has 0 aromatic heterocycles. The summed E-state index contributed by atoms with van der Waals surface area (Å²) < 4.78 is 0. The van der Waals surface area contributed by atoms with Crippen LogP contribution in [-0.2, 0) is 0 Å². The van der Waals surface area contributed by atoms with Crippen LogP contribution >= 0.6 is 0 Å². The van der Waals surface area contributed by atoms with Crippen molar-refractivity contribution in [3.8, 4) is 0 Å². The minimum absolute atomic E-state index is 0.921. The van der Waals surface area contributed by atoms with Crippen LogP contribution < -0.4 is 5.32 Å². The highest BCUT2D eigenvalue weighted by molar-refractivity contribution is 4.96. The zero-order valence-corrected chi connectivity index (χ0v) is 7.76. The first-order valence-electron chi connectivity index (χ1n) is 5.67. The Kier molecular flexibility index (Phi) is 1.68. The van der Waals surface area contributed by atoms with Crippen molar-refractivity contribution in [2.45, 2.75) is 44.6 Å². The van der Waals surface area contributed by atoms with Gasteiger partial charge < -0.3 is 5.32 Å². The van der Waals surface area contributed by atoms with E-state index in [0.29, 0.717) is 0 Å². The third-order valence-electron chi connectivity index (χ3n) is 4.42. The fraction of sp³-hybridized carbons (Fsp3) is 1.00. The molecule has 3 aliphatic rings. The Labute approximate surface area is 74.9 Å². The van der Waals surface area contributed by atoms with Gasteiger partial charge in [-0.05, 0) is 50.0 Å². The number of nitrogens with one attached hydrogen (secondary N) is 1. The lowest BCUT2D eigenvalue weighted by Gasteiger charge is -2.43. The minimum Gasteiger partial charge on any atom is -0.314 e. The van der Waals surface area contributed by atoms with E-state index in [9.17, 15) is 0 Å². The van der Waals surface area contributed by atoms with E-state index in [2.05, 4.69) is 5.32 Å². The average Bonchev–Trinajstić information content (AvgIpc) is 2.53. The second kappa shape index (κ2) is 2.73. The Morgan fingerprint density at radius 2 is 2.00 bits per heavy atom. The van der Waals surface area contributed by atoms with Crippen LogP contribution in [0.2, 0.25) is 0 Å². The second-order valence-corrected chi connectivity index (χ2v) is 5.04. The van der Waals surface area contributed by atoms with Crippen molar-refractivity contribution >= 4 is 0 Å². The predicted octanol–water partition coefficient (Wildman–Crippen LogP) is 2.17. The molecule has 1 N–H and O–H groups in total. The van der Waals surface area contributed by atoms with E-state index in [4.69, 9.17) is 0 Å². The highest BCUT2D eigenvalue weighted by Crippen LogP contribution is 2.46. The predicted molar refractivity (Wildman–Crippen MR) is 50.0 cm³/mol. The zero-order chi connectivity index (χ0) is 7.97. The first-order valence-corrected chi connectivity index (χ1v) is 5.67. The van der Waals surface area contributed by atoms with Crippen LogP contribution in [0, 0.1) is 17.8 Å². The maximum Gasteiger partial charge on any atom is 0.0101 e. The Balaban J connectivity index is 1.81. The molecule has 1 saturated heterocycles. The van der Waals surface area contributed by atoms with E-state index in [-0.39, 0.29) is 0 Å². The van der Waals surface area contributed by atoms with E-state index >= 15 is 0 Å². The molecule has 4 unspecified atom stereocenters. The van der Waals surface area contributed by atoms with E-state index in [1.807, 2.05) is 0 Å². The molecule has 0 spiro atoms. The van der Waals surface area contributed by atoms with Crippen LogP contribution in [0.25, 0.3) is 0 Å². The summed E-state index contributed by atoms with van der Waals surface area (Å²) in [4.78, 5) is 0. The number of rotatable bonds is 0. The summed E-state index contributed by atoms with van der Waals surface area (Å²) >= 11 is 0. The first-order chi connectivity index (χ1) is 5.93. The number of piperidine rings is 1. The molecular formula is C11H19N. The highest BCUT2D eigenvalue weighted by Gasteiger charge is 2.41. The van der Waals surface area contributed by atoms with Gasteiger partial charge in [0.05, 0.1) is 0 Å². The Bertz CT molecular complexity index is 178. The number of fused-ring (bicyclic) bond motifs is 4. The van der Waals surface area contributed by atoms with E-state index in [0.717, 1.165) is 23.8 Å². The largest absolute Gasteiger partial charge is 0.314 e. The number of hydrogen-bond acceptors (Lipinski definition) is 1. The van der Waals surface area contributed by atoms with Gasteiger partial charge in [0.15, 0.2) is 0 Å². The Morgan fingerprint density at radius 3 is 3.00 bits per heavy atom. The fourth-order valence-electron chi connectivity index (χ4n) is 3.89. The summed E-state index contributed by atoms with van der Waals surface area (Å²) in [5.74, 6) is 3.28. The van der Waals surface area contributed by atoms with Gasteiger partial charge in [0.1, 0.15) is 0 Å². The summed E-state index contributed by atoms with van der Waals surface area (Å²) in [6.07, 6.45) is 9.11. The first kappa shape index (κ1) is 7.37. The quantitative estimate of drug-likeness (QED) is 0.580. The summed E-state index contributed by atoms with van der Waals surface area (Å²) in [5.41, 5.74) is 0. The Hall–Kier alpha value is -0.0400. The molecule has 3 fully saturated rings. The van der Waals surface area contributed by atoms with Gasteiger partial charge in [-0.25, -0.2) is 0 Å². The molecule has 1 nitrogen and oxygen atoms in total. The van der Waals surface area contributed by atoms with Gasteiger partial charge in [-0.2, -0.15) is 0 Å². The van der Waals surface area contributed by atoms with Crippen molar-refractivity contribution < 1.29 is 0 Å². The van der Waals surface area contributed by atoms with Crippen molar-refractivity contribution in [3.63, 3.8) is 0 Å². The van der Waals surface area contributed by atoms with Crippen LogP contribution in [0.4, 0.5) is 0 Å². The van der Waals surface area contributed by atoms with Crippen LogP contribution in [0.5, 0.6) is 0 Å². The third-order valence-corrected chi connectivity index (χ3v) is 4.42. The lowest BCUT2D eigenvalue weighted by atomic mass is 9.70. The molecule has 1 heterocycles. The summed E-state index contributed by atoms with van der Waals surface area (Å²) in [5, 5.41) is 3.72. The molecule has 0 amide bonds. The molecule has 3 rings (SSSR count). The van der Waals surface area contributed by atoms with Crippen LogP contribution in [0.1, 0.15) is 38.5 Å². The molecule has 1 heteroatoms. The van der Waals surface area contributed by atoms with Gasteiger partial charge in [0.2, 0.25) is 0 Å². The SMILES string of the molecule is C1CC2CC3CCNC(C3)C2C1. The van der Waals surface area contributed by atoms with Gasteiger partial charge >= 0.3 is 0 Å². The maximum absolute atomic E-state index is 3.72. The van der Waals surface area contributed by atoms with Gasteiger partial charge in [0, 0.05) is 6.04 Å². The molecule has 2 aliphatic carbocycles. The molecule has 2 saturated carbocycles. The van der Waals surface area contributed by atoms with Crippen molar-refractivity contribution in [1.29, 1.82) is 0 Å². The van der Waals surface area contributed by atoms with Gasteiger partial charge in [-0.1, -0.05) is 12.8 Å². The summed E-state index contributed by atoms with van der Waals surface area (Å²) in [7, 11) is 0. The monoisotopic (exact) mass is 165 g/mol. The van der Waals surface area contributed by atoms with Crippen molar-refractivity contribution in [2.75, 3.05) is 6.54 Å². The van der Waals surface area contributed by atoms with E-state index in [1.165, 1.54) is 32.2 Å². The van der Waals surface area contributed by atoms with Crippen LogP contribution in [-0.4, -0.2) is 12.6 Å². The molecular weight excluding hydrogens is 146 g/mol. The zero-order valence-electron chi connectivity index (χ0n) is 7.76. The lowest BCUT2D eigenvalue weighted by molar-refractivity contribution is 0.116. The second-order valence-electron chi connectivity index (χ2n) is 5.04. The van der Waals surface area contributed by atoms with Gasteiger partial charge in [0.25, 0.3) is 0 Å². The third kappa shape index (κ3) is 1.02.